The predicted molar refractivity (Wildman–Crippen MR) is 96.9 cm³/mol. The van der Waals surface area contributed by atoms with E-state index in [1.807, 2.05) is 18.2 Å². The van der Waals surface area contributed by atoms with Crippen molar-refractivity contribution in [2.75, 3.05) is 13.1 Å². The normalized spacial score (nSPS) is 19.0. The molecule has 6 heteroatoms. The SMILES string of the molecule is O=S(=O)(Cc1ccc(F)cc1)NC1CCCN(Cc2ccccc2)C1. The first-order chi connectivity index (χ1) is 12.0. The van der Waals surface area contributed by atoms with Gasteiger partial charge >= 0.3 is 0 Å². The van der Waals surface area contributed by atoms with E-state index in [2.05, 4.69) is 21.8 Å². The average Bonchev–Trinajstić information content (AvgIpc) is 2.57. The van der Waals surface area contributed by atoms with Crippen molar-refractivity contribution in [3.8, 4) is 0 Å². The first-order valence-corrected chi connectivity index (χ1v) is 10.2. The lowest BCUT2D eigenvalue weighted by Crippen LogP contribution is -2.47. The molecule has 0 radical (unpaired) electrons. The summed E-state index contributed by atoms with van der Waals surface area (Å²) in [7, 11) is -3.44. The summed E-state index contributed by atoms with van der Waals surface area (Å²) >= 11 is 0. The molecule has 1 fully saturated rings. The van der Waals surface area contributed by atoms with Crippen LogP contribution in [-0.4, -0.2) is 32.4 Å². The van der Waals surface area contributed by atoms with Gasteiger partial charge in [-0.05, 0) is 42.6 Å². The Morgan fingerprint density at radius 3 is 2.48 bits per heavy atom. The third kappa shape index (κ3) is 5.63. The minimum absolute atomic E-state index is 0.0806. The fourth-order valence-corrected chi connectivity index (χ4v) is 4.65. The van der Waals surface area contributed by atoms with Gasteiger partial charge in [-0.25, -0.2) is 17.5 Å². The summed E-state index contributed by atoms with van der Waals surface area (Å²) in [5.74, 6) is -0.486. The van der Waals surface area contributed by atoms with Gasteiger partial charge in [0.25, 0.3) is 0 Å². The van der Waals surface area contributed by atoms with E-state index in [9.17, 15) is 12.8 Å². The zero-order valence-corrected chi connectivity index (χ0v) is 14.9. The number of likely N-dealkylation sites (tertiary alicyclic amines) is 1. The second-order valence-corrected chi connectivity index (χ2v) is 8.32. The third-order valence-electron chi connectivity index (χ3n) is 4.37. The van der Waals surface area contributed by atoms with E-state index >= 15 is 0 Å². The van der Waals surface area contributed by atoms with Gasteiger partial charge < -0.3 is 0 Å². The second kappa shape index (κ2) is 8.08. The molecule has 2 aromatic rings. The number of nitrogens with zero attached hydrogens (tertiary/aromatic N) is 1. The lowest BCUT2D eigenvalue weighted by Gasteiger charge is -2.33. The van der Waals surface area contributed by atoms with Crippen LogP contribution in [0.3, 0.4) is 0 Å². The quantitative estimate of drug-likeness (QED) is 0.860. The van der Waals surface area contributed by atoms with Crippen LogP contribution in [0.25, 0.3) is 0 Å². The maximum absolute atomic E-state index is 12.9. The molecule has 2 aromatic carbocycles. The summed E-state index contributed by atoms with van der Waals surface area (Å²) in [6.07, 6.45) is 1.81. The summed E-state index contributed by atoms with van der Waals surface area (Å²) in [4.78, 5) is 2.28. The van der Waals surface area contributed by atoms with E-state index in [-0.39, 0.29) is 17.6 Å². The highest BCUT2D eigenvalue weighted by molar-refractivity contribution is 7.88. The van der Waals surface area contributed by atoms with Crippen LogP contribution >= 0.6 is 0 Å². The molecule has 1 aliphatic heterocycles. The standard InChI is InChI=1S/C19H23FN2O2S/c20-18-10-8-17(9-11-18)15-25(23,24)21-19-7-4-12-22(14-19)13-16-5-2-1-3-6-16/h1-3,5-6,8-11,19,21H,4,7,12-15H2. The van der Waals surface area contributed by atoms with Crippen molar-refractivity contribution in [3.63, 3.8) is 0 Å². The van der Waals surface area contributed by atoms with Gasteiger partial charge in [0, 0.05) is 19.1 Å². The van der Waals surface area contributed by atoms with Crippen molar-refractivity contribution in [2.24, 2.45) is 0 Å². The smallest absolute Gasteiger partial charge is 0.216 e. The number of halogens is 1. The van der Waals surface area contributed by atoms with Crippen molar-refractivity contribution < 1.29 is 12.8 Å². The number of sulfonamides is 1. The van der Waals surface area contributed by atoms with Gasteiger partial charge in [0.1, 0.15) is 5.82 Å². The molecule has 134 valence electrons. The van der Waals surface area contributed by atoms with Gasteiger partial charge in [0.15, 0.2) is 0 Å². The number of rotatable bonds is 6. The maximum Gasteiger partial charge on any atom is 0.216 e. The number of piperidine rings is 1. The Labute approximate surface area is 148 Å². The number of hydrogen-bond acceptors (Lipinski definition) is 3. The molecule has 1 saturated heterocycles. The van der Waals surface area contributed by atoms with Gasteiger partial charge in [-0.1, -0.05) is 42.5 Å². The lowest BCUT2D eigenvalue weighted by molar-refractivity contribution is 0.194. The van der Waals surface area contributed by atoms with Crippen LogP contribution < -0.4 is 4.72 Å². The maximum atomic E-state index is 12.9. The van der Waals surface area contributed by atoms with E-state index < -0.39 is 10.0 Å². The summed E-state index contributed by atoms with van der Waals surface area (Å²) in [5.41, 5.74) is 1.82. The Kier molecular flexibility index (Phi) is 5.83. The molecule has 25 heavy (non-hydrogen) atoms. The molecule has 1 aliphatic rings. The van der Waals surface area contributed by atoms with Gasteiger partial charge in [-0.15, -0.1) is 0 Å². The minimum atomic E-state index is -3.44. The zero-order valence-electron chi connectivity index (χ0n) is 14.1. The van der Waals surface area contributed by atoms with Crippen LogP contribution in [0.1, 0.15) is 24.0 Å². The summed E-state index contributed by atoms with van der Waals surface area (Å²) in [6.45, 7) is 2.51. The summed E-state index contributed by atoms with van der Waals surface area (Å²) in [5, 5.41) is 0. The van der Waals surface area contributed by atoms with Crippen molar-refractivity contribution >= 4 is 10.0 Å². The van der Waals surface area contributed by atoms with Crippen molar-refractivity contribution in [1.29, 1.82) is 0 Å². The first-order valence-electron chi connectivity index (χ1n) is 8.51. The molecular formula is C19H23FN2O2S. The van der Waals surface area contributed by atoms with Gasteiger partial charge in [0.2, 0.25) is 10.0 Å². The molecule has 4 nitrogen and oxygen atoms in total. The molecule has 0 bridgehead atoms. The predicted octanol–water partition coefficient (Wildman–Crippen LogP) is 2.91. The molecule has 1 heterocycles. The molecule has 1 N–H and O–H groups in total. The average molecular weight is 362 g/mol. The molecule has 0 saturated carbocycles. The first kappa shape index (κ1) is 18.0. The minimum Gasteiger partial charge on any atom is -0.298 e. The largest absolute Gasteiger partial charge is 0.298 e. The zero-order chi connectivity index (χ0) is 17.7. The van der Waals surface area contributed by atoms with E-state index in [4.69, 9.17) is 0 Å². The van der Waals surface area contributed by atoms with Crippen molar-refractivity contribution in [2.45, 2.75) is 31.2 Å². The molecule has 0 aliphatic carbocycles. The Balaban J connectivity index is 1.56. The molecular weight excluding hydrogens is 339 g/mol. The molecule has 3 rings (SSSR count). The molecule has 0 amide bonds. The van der Waals surface area contributed by atoms with Crippen LogP contribution in [0.2, 0.25) is 0 Å². The third-order valence-corrected chi connectivity index (χ3v) is 5.78. The number of benzene rings is 2. The fourth-order valence-electron chi connectivity index (χ4n) is 3.23. The Hall–Kier alpha value is -1.76. The molecule has 0 spiro atoms. The van der Waals surface area contributed by atoms with E-state index in [1.165, 1.54) is 29.8 Å². The summed E-state index contributed by atoms with van der Waals surface area (Å²) in [6, 6.07) is 15.7. The molecule has 1 atom stereocenters. The number of hydrogen-bond donors (Lipinski definition) is 1. The van der Waals surface area contributed by atoms with Crippen LogP contribution in [0.15, 0.2) is 54.6 Å². The Morgan fingerprint density at radius 1 is 1.04 bits per heavy atom. The molecule has 0 aromatic heterocycles. The number of nitrogens with one attached hydrogen (secondary N) is 1. The van der Waals surface area contributed by atoms with Gasteiger partial charge in [-0.3, -0.25) is 4.90 Å². The van der Waals surface area contributed by atoms with Crippen molar-refractivity contribution in [3.05, 3.63) is 71.5 Å². The summed E-state index contributed by atoms with van der Waals surface area (Å²) < 4.78 is 40.5. The van der Waals surface area contributed by atoms with E-state index in [0.717, 1.165) is 25.9 Å². The topological polar surface area (TPSA) is 49.4 Å². The monoisotopic (exact) mass is 362 g/mol. The van der Waals surface area contributed by atoms with Crippen molar-refractivity contribution in [1.82, 2.24) is 9.62 Å². The van der Waals surface area contributed by atoms with Crippen LogP contribution in [0.5, 0.6) is 0 Å². The highest BCUT2D eigenvalue weighted by atomic mass is 32.2. The highest BCUT2D eigenvalue weighted by Gasteiger charge is 2.24. The Bertz CT molecular complexity index is 779. The fraction of sp³-hybridized carbons (Fsp3) is 0.368. The van der Waals surface area contributed by atoms with Crippen LogP contribution in [-0.2, 0) is 22.3 Å². The highest BCUT2D eigenvalue weighted by Crippen LogP contribution is 2.15. The van der Waals surface area contributed by atoms with Crippen LogP contribution in [0.4, 0.5) is 4.39 Å². The lowest BCUT2D eigenvalue weighted by atomic mass is 10.1. The van der Waals surface area contributed by atoms with Gasteiger partial charge in [0.05, 0.1) is 5.75 Å². The van der Waals surface area contributed by atoms with Gasteiger partial charge in [-0.2, -0.15) is 0 Å². The molecule has 1 unspecified atom stereocenters. The van der Waals surface area contributed by atoms with E-state index in [0.29, 0.717) is 12.1 Å². The second-order valence-electron chi connectivity index (χ2n) is 6.56. The Morgan fingerprint density at radius 2 is 1.76 bits per heavy atom. The van der Waals surface area contributed by atoms with E-state index in [1.54, 1.807) is 0 Å². The van der Waals surface area contributed by atoms with Crippen LogP contribution in [0, 0.1) is 5.82 Å².